The SMILES string of the molecule is COC(=O)c1[nH]c2ccccc2c1CS(=O)(=O)c1ccccc1. The van der Waals surface area contributed by atoms with Gasteiger partial charge in [-0.1, -0.05) is 36.4 Å². The molecule has 6 heteroatoms. The minimum atomic E-state index is -3.57. The van der Waals surface area contributed by atoms with Crippen molar-refractivity contribution in [1.82, 2.24) is 4.98 Å². The standard InChI is InChI=1S/C17H15NO4S/c1-22-17(19)16-14(13-9-5-6-10-15(13)18-16)11-23(20,21)12-7-3-2-4-8-12/h2-10,18H,11H2,1H3. The van der Waals surface area contributed by atoms with E-state index in [1.807, 2.05) is 6.07 Å². The first-order valence-electron chi connectivity index (χ1n) is 6.98. The molecular formula is C17H15NO4S. The largest absolute Gasteiger partial charge is 0.464 e. The second-order valence-corrected chi connectivity index (χ2v) is 7.08. The van der Waals surface area contributed by atoms with Crippen LogP contribution in [0.2, 0.25) is 0 Å². The van der Waals surface area contributed by atoms with Gasteiger partial charge in [-0.05, 0) is 18.2 Å². The first-order chi connectivity index (χ1) is 11.0. The van der Waals surface area contributed by atoms with Crippen molar-refractivity contribution in [2.24, 2.45) is 0 Å². The van der Waals surface area contributed by atoms with Crippen molar-refractivity contribution in [2.75, 3.05) is 7.11 Å². The van der Waals surface area contributed by atoms with Crippen LogP contribution in [0.4, 0.5) is 0 Å². The molecule has 1 aromatic heterocycles. The van der Waals surface area contributed by atoms with Crippen molar-refractivity contribution in [1.29, 1.82) is 0 Å². The van der Waals surface area contributed by atoms with Crippen LogP contribution in [0.3, 0.4) is 0 Å². The first kappa shape index (κ1) is 15.3. The molecule has 0 aliphatic rings. The molecule has 0 radical (unpaired) electrons. The third-order valence-corrected chi connectivity index (χ3v) is 5.30. The lowest BCUT2D eigenvalue weighted by atomic mass is 10.1. The number of methoxy groups -OCH3 is 1. The quantitative estimate of drug-likeness (QED) is 0.747. The van der Waals surface area contributed by atoms with Crippen molar-refractivity contribution in [3.8, 4) is 0 Å². The average molecular weight is 329 g/mol. The number of rotatable bonds is 4. The number of carbonyl (C=O) groups excluding carboxylic acids is 1. The van der Waals surface area contributed by atoms with E-state index in [4.69, 9.17) is 4.74 Å². The lowest BCUT2D eigenvalue weighted by molar-refractivity contribution is 0.0594. The summed E-state index contributed by atoms with van der Waals surface area (Å²) in [5, 5.41) is 0.701. The number of H-pyrrole nitrogens is 1. The fraction of sp³-hybridized carbons (Fsp3) is 0.118. The van der Waals surface area contributed by atoms with E-state index < -0.39 is 15.8 Å². The number of ether oxygens (including phenoxy) is 1. The smallest absolute Gasteiger partial charge is 0.354 e. The van der Waals surface area contributed by atoms with E-state index >= 15 is 0 Å². The Bertz CT molecular complexity index is 959. The number of hydrogen-bond donors (Lipinski definition) is 1. The van der Waals surface area contributed by atoms with Gasteiger partial charge in [0.2, 0.25) is 0 Å². The van der Waals surface area contributed by atoms with Gasteiger partial charge in [0.1, 0.15) is 5.69 Å². The second-order valence-electron chi connectivity index (χ2n) is 5.09. The number of para-hydroxylation sites is 1. The molecule has 5 nitrogen and oxygen atoms in total. The maximum absolute atomic E-state index is 12.6. The van der Waals surface area contributed by atoms with Crippen molar-refractivity contribution in [2.45, 2.75) is 10.6 Å². The summed E-state index contributed by atoms with van der Waals surface area (Å²) in [5.74, 6) is -0.856. The highest BCUT2D eigenvalue weighted by Crippen LogP contribution is 2.27. The van der Waals surface area contributed by atoms with Gasteiger partial charge in [-0.25, -0.2) is 13.2 Å². The molecule has 0 saturated carbocycles. The van der Waals surface area contributed by atoms with E-state index in [-0.39, 0.29) is 16.3 Å². The zero-order valence-corrected chi connectivity index (χ0v) is 13.3. The molecular weight excluding hydrogens is 314 g/mol. The zero-order valence-electron chi connectivity index (χ0n) is 12.4. The highest BCUT2D eigenvalue weighted by Gasteiger charge is 2.24. The minimum Gasteiger partial charge on any atom is -0.464 e. The Labute approximate surface area is 133 Å². The highest BCUT2D eigenvalue weighted by atomic mass is 32.2. The Hall–Kier alpha value is -2.60. The predicted octanol–water partition coefficient (Wildman–Crippen LogP) is 2.93. The van der Waals surface area contributed by atoms with Crippen molar-refractivity contribution in [3.05, 3.63) is 65.9 Å². The Balaban J connectivity index is 2.14. The van der Waals surface area contributed by atoms with Crippen LogP contribution >= 0.6 is 0 Å². The summed E-state index contributed by atoms with van der Waals surface area (Å²) in [6, 6.07) is 15.4. The summed E-state index contributed by atoms with van der Waals surface area (Å²) >= 11 is 0. The average Bonchev–Trinajstić information content (AvgIpc) is 2.93. The first-order valence-corrected chi connectivity index (χ1v) is 8.64. The maximum atomic E-state index is 12.6. The summed E-state index contributed by atoms with van der Waals surface area (Å²) in [5.41, 5.74) is 1.30. The van der Waals surface area contributed by atoms with E-state index in [0.29, 0.717) is 16.5 Å². The molecule has 0 amide bonds. The second kappa shape index (κ2) is 5.89. The summed E-state index contributed by atoms with van der Waals surface area (Å²) in [6.07, 6.45) is 0. The summed E-state index contributed by atoms with van der Waals surface area (Å²) in [6.45, 7) is 0. The topological polar surface area (TPSA) is 76.2 Å². The highest BCUT2D eigenvalue weighted by molar-refractivity contribution is 7.90. The number of sulfone groups is 1. The maximum Gasteiger partial charge on any atom is 0.354 e. The summed E-state index contributed by atoms with van der Waals surface area (Å²) in [4.78, 5) is 15.2. The molecule has 0 spiro atoms. The van der Waals surface area contributed by atoms with Crippen LogP contribution in [-0.4, -0.2) is 26.5 Å². The molecule has 0 aliphatic carbocycles. The van der Waals surface area contributed by atoms with Gasteiger partial charge >= 0.3 is 5.97 Å². The van der Waals surface area contributed by atoms with Crippen LogP contribution < -0.4 is 0 Å². The van der Waals surface area contributed by atoms with Crippen LogP contribution in [-0.2, 0) is 20.3 Å². The predicted molar refractivity (Wildman–Crippen MR) is 87.0 cm³/mol. The molecule has 3 rings (SSSR count). The third-order valence-electron chi connectivity index (χ3n) is 3.64. The molecule has 118 valence electrons. The number of fused-ring (bicyclic) bond motifs is 1. The lowest BCUT2D eigenvalue weighted by Crippen LogP contribution is -2.10. The van der Waals surface area contributed by atoms with Gasteiger partial charge in [0.15, 0.2) is 9.84 Å². The number of aromatic amines is 1. The molecule has 0 bridgehead atoms. The Morgan fingerprint density at radius 2 is 1.70 bits per heavy atom. The number of nitrogens with one attached hydrogen (secondary N) is 1. The van der Waals surface area contributed by atoms with Crippen LogP contribution in [0, 0.1) is 0 Å². The molecule has 0 aliphatic heterocycles. The lowest BCUT2D eigenvalue weighted by Gasteiger charge is -2.06. The monoisotopic (exact) mass is 329 g/mol. The Morgan fingerprint density at radius 3 is 2.39 bits per heavy atom. The van der Waals surface area contributed by atoms with Gasteiger partial charge < -0.3 is 9.72 Å². The molecule has 23 heavy (non-hydrogen) atoms. The van der Waals surface area contributed by atoms with Crippen LogP contribution in [0.15, 0.2) is 59.5 Å². The zero-order chi connectivity index (χ0) is 16.4. The molecule has 1 N–H and O–H groups in total. The normalized spacial score (nSPS) is 11.5. The van der Waals surface area contributed by atoms with Gasteiger partial charge in [-0.2, -0.15) is 0 Å². The summed E-state index contributed by atoms with van der Waals surface area (Å²) < 4.78 is 30.0. The molecule has 0 unspecified atom stereocenters. The van der Waals surface area contributed by atoms with Gasteiger partial charge in [0.05, 0.1) is 17.8 Å². The third kappa shape index (κ3) is 2.85. The van der Waals surface area contributed by atoms with Crippen LogP contribution in [0.25, 0.3) is 10.9 Å². The fourth-order valence-electron chi connectivity index (χ4n) is 2.53. The van der Waals surface area contributed by atoms with Crippen LogP contribution in [0.1, 0.15) is 16.1 Å². The Morgan fingerprint density at radius 1 is 1.04 bits per heavy atom. The number of benzene rings is 2. The van der Waals surface area contributed by atoms with E-state index in [1.54, 1.807) is 48.5 Å². The number of carbonyl (C=O) groups is 1. The van der Waals surface area contributed by atoms with E-state index in [1.165, 1.54) is 7.11 Å². The Kier molecular flexibility index (Phi) is 3.92. The van der Waals surface area contributed by atoms with E-state index in [2.05, 4.69) is 4.98 Å². The van der Waals surface area contributed by atoms with Gasteiger partial charge in [0.25, 0.3) is 0 Å². The molecule has 2 aromatic carbocycles. The van der Waals surface area contributed by atoms with E-state index in [0.717, 1.165) is 0 Å². The van der Waals surface area contributed by atoms with Crippen molar-refractivity contribution < 1.29 is 17.9 Å². The fourth-order valence-corrected chi connectivity index (χ4v) is 3.95. The molecule has 1 heterocycles. The molecule has 0 saturated heterocycles. The van der Waals surface area contributed by atoms with Gasteiger partial charge in [-0.15, -0.1) is 0 Å². The molecule has 0 fully saturated rings. The van der Waals surface area contributed by atoms with E-state index in [9.17, 15) is 13.2 Å². The van der Waals surface area contributed by atoms with Crippen molar-refractivity contribution >= 4 is 26.7 Å². The minimum absolute atomic E-state index is 0.174. The van der Waals surface area contributed by atoms with Gasteiger partial charge in [-0.3, -0.25) is 0 Å². The van der Waals surface area contributed by atoms with Crippen molar-refractivity contribution in [3.63, 3.8) is 0 Å². The van der Waals surface area contributed by atoms with Gasteiger partial charge in [0, 0.05) is 16.5 Å². The molecule has 0 atom stereocenters. The number of esters is 1. The van der Waals surface area contributed by atoms with Crippen LogP contribution in [0.5, 0.6) is 0 Å². The summed E-state index contributed by atoms with van der Waals surface area (Å²) in [7, 11) is -2.30. The number of aromatic nitrogens is 1. The number of hydrogen-bond acceptors (Lipinski definition) is 4. The molecule has 3 aromatic rings.